The molecule has 1 spiro atoms. The Labute approximate surface area is 96.0 Å². The van der Waals surface area contributed by atoms with Gasteiger partial charge in [-0.2, -0.15) is 0 Å². The molecule has 1 atom stereocenters. The highest BCUT2D eigenvalue weighted by atomic mass is 32.2. The number of amides is 1. The third-order valence-corrected chi connectivity index (χ3v) is 5.53. The van der Waals surface area contributed by atoms with E-state index in [4.69, 9.17) is 5.73 Å². The van der Waals surface area contributed by atoms with Crippen molar-refractivity contribution in [1.29, 1.82) is 0 Å². The number of hydrogen-bond acceptors (Lipinski definition) is 3. The smallest absolute Gasteiger partial charge is 0.221 e. The SMILES string of the molecule is CCS(=O)(=O)N1CC(C(N)=O)CC2(CC2)C1. The molecule has 5 nitrogen and oxygen atoms in total. The molecule has 1 amide bonds. The summed E-state index contributed by atoms with van der Waals surface area (Å²) in [6, 6.07) is 0. The Morgan fingerprint density at radius 3 is 2.56 bits per heavy atom. The Balaban J connectivity index is 2.19. The summed E-state index contributed by atoms with van der Waals surface area (Å²) < 4.78 is 25.1. The molecule has 1 aliphatic carbocycles. The molecule has 2 aliphatic rings. The molecule has 0 bridgehead atoms. The van der Waals surface area contributed by atoms with Gasteiger partial charge in [0.1, 0.15) is 0 Å². The predicted octanol–water partition coefficient (Wildman–Crippen LogP) is -0.0765. The number of piperidine rings is 1. The molecular formula is C10H18N2O3S. The minimum atomic E-state index is -3.19. The second-order valence-electron chi connectivity index (χ2n) is 5.00. The largest absolute Gasteiger partial charge is 0.369 e. The van der Waals surface area contributed by atoms with Gasteiger partial charge in [-0.05, 0) is 31.6 Å². The highest BCUT2D eigenvalue weighted by Gasteiger charge is 2.51. The molecule has 6 heteroatoms. The van der Waals surface area contributed by atoms with Crippen molar-refractivity contribution in [1.82, 2.24) is 4.31 Å². The lowest BCUT2D eigenvalue weighted by Gasteiger charge is -2.35. The van der Waals surface area contributed by atoms with Crippen LogP contribution in [-0.4, -0.2) is 37.5 Å². The number of nitrogens with two attached hydrogens (primary N) is 1. The molecule has 0 radical (unpaired) electrons. The molecule has 2 fully saturated rings. The second kappa shape index (κ2) is 3.70. The van der Waals surface area contributed by atoms with Gasteiger partial charge >= 0.3 is 0 Å². The lowest BCUT2D eigenvalue weighted by atomic mass is 9.87. The Hall–Kier alpha value is -0.620. The van der Waals surface area contributed by atoms with Gasteiger partial charge in [0.15, 0.2) is 0 Å². The van der Waals surface area contributed by atoms with E-state index in [1.54, 1.807) is 6.92 Å². The van der Waals surface area contributed by atoms with E-state index in [1.165, 1.54) is 4.31 Å². The van der Waals surface area contributed by atoms with E-state index in [1.807, 2.05) is 0 Å². The Bertz CT molecular complexity index is 400. The molecule has 1 aliphatic heterocycles. The molecule has 1 unspecified atom stereocenters. The molecule has 0 aromatic carbocycles. The summed E-state index contributed by atoms with van der Waals surface area (Å²) in [7, 11) is -3.19. The fraction of sp³-hybridized carbons (Fsp3) is 0.900. The molecule has 1 heterocycles. The first-order valence-corrected chi connectivity index (χ1v) is 7.27. The molecule has 1 saturated carbocycles. The highest BCUT2D eigenvalue weighted by Crippen LogP contribution is 2.53. The fourth-order valence-electron chi connectivity index (χ4n) is 2.46. The molecule has 92 valence electrons. The van der Waals surface area contributed by atoms with Crippen LogP contribution in [0.25, 0.3) is 0 Å². The maximum absolute atomic E-state index is 11.8. The predicted molar refractivity (Wildman–Crippen MR) is 60.0 cm³/mol. The van der Waals surface area contributed by atoms with Gasteiger partial charge in [-0.15, -0.1) is 0 Å². The van der Waals surface area contributed by atoms with E-state index < -0.39 is 10.0 Å². The van der Waals surface area contributed by atoms with Crippen molar-refractivity contribution in [3.63, 3.8) is 0 Å². The summed E-state index contributed by atoms with van der Waals surface area (Å²) in [5.74, 6) is -0.589. The summed E-state index contributed by atoms with van der Waals surface area (Å²) >= 11 is 0. The van der Waals surface area contributed by atoms with Crippen molar-refractivity contribution in [2.24, 2.45) is 17.1 Å². The van der Waals surface area contributed by atoms with Gasteiger partial charge in [0.25, 0.3) is 0 Å². The van der Waals surface area contributed by atoms with Crippen molar-refractivity contribution in [2.45, 2.75) is 26.2 Å². The minimum absolute atomic E-state index is 0.0557. The maximum Gasteiger partial charge on any atom is 0.221 e. The zero-order chi connectivity index (χ0) is 12.0. The van der Waals surface area contributed by atoms with Crippen LogP contribution >= 0.6 is 0 Å². The van der Waals surface area contributed by atoms with Gasteiger partial charge in [0.2, 0.25) is 15.9 Å². The average Bonchev–Trinajstić information content (AvgIpc) is 2.96. The van der Waals surface area contributed by atoms with Crippen LogP contribution in [0.1, 0.15) is 26.2 Å². The maximum atomic E-state index is 11.8. The van der Waals surface area contributed by atoms with E-state index in [0.717, 1.165) is 19.3 Å². The van der Waals surface area contributed by atoms with Crippen molar-refractivity contribution < 1.29 is 13.2 Å². The third kappa shape index (κ3) is 2.08. The molecular weight excluding hydrogens is 228 g/mol. The first-order chi connectivity index (χ1) is 7.38. The Kier molecular flexibility index (Phi) is 2.74. The number of sulfonamides is 1. The summed E-state index contributed by atoms with van der Waals surface area (Å²) in [4.78, 5) is 11.2. The first-order valence-electron chi connectivity index (χ1n) is 5.66. The van der Waals surface area contributed by atoms with Crippen molar-refractivity contribution in [3.8, 4) is 0 Å². The minimum Gasteiger partial charge on any atom is -0.369 e. The van der Waals surface area contributed by atoms with Crippen LogP contribution in [0.2, 0.25) is 0 Å². The van der Waals surface area contributed by atoms with Crippen LogP contribution in [0.5, 0.6) is 0 Å². The standard InChI is InChI=1S/C10H18N2O3S/c1-2-16(14,15)12-6-8(9(11)13)5-10(7-12)3-4-10/h8H,2-7H2,1H3,(H2,11,13). The van der Waals surface area contributed by atoms with Gasteiger partial charge in [-0.25, -0.2) is 12.7 Å². The molecule has 2 rings (SSSR count). The number of hydrogen-bond donors (Lipinski definition) is 1. The Morgan fingerprint density at radius 1 is 1.50 bits per heavy atom. The molecule has 1 saturated heterocycles. The zero-order valence-corrected chi connectivity index (χ0v) is 10.3. The van der Waals surface area contributed by atoms with Crippen molar-refractivity contribution in [2.75, 3.05) is 18.8 Å². The van der Waals surface area contributed by atoms with Crippen LogP contribution in [0.4, 0.5) is 0 Å². The Morgan fingerprint density at radius 2 is 2.12 bits per heavy atom. The summed E-state index contributed by atoms with van der Waals surface area (Å²) in [5, 5.41) is 0. The van der Waals surface area contributed by atoms with Crippen molar-refractivity contribution >= 4 is 15.9 Å². The monoisotopic (exact) mass is 246 g/mol. The molecule has 0 aromatic heterocycles. The normalized spacial score (nSPS) is 29.2. The van der Waals surface area contributed by atoms with Gasteiger partial charge in [0, 0.05) is 13.1 Å². The van der Waals surface area contributed by atoms with Crippen LogP contribution in [0.15, 0.2) is 0 Å². The van der Waals surface area contributed by atoms with Crippen LogP contribution in [0.3, 0.4) is 0 Å². The number of nitrogens with zero attached hydrogens (tertiary/aromatic N) is 1. The van der Waals surface area contributed by atoms with Crippen LogP contribution < -0.4 is 5.73 Å². The van der Waals surface area contributed by atoms with E-state index in [2.05, 4.69) is 0 Å². The van der Waals surface area contributed by atoms with Crippen LogP contribution in [-0.2, 0) is 14.8 Å². The van der Waals surface area contributed by atoms with E-state index in [0.29, 0.717) is 6.54 Å². The molecule has 2 N–H and O–H groups in total. The highest BCUT2D eigenvalue weighted by molar-refractivity contribution is 7.89. The quantitative estimate of drug-likeness (QED) is 0.756. The third-order valence-electron chi connectivity index (χ3n) is 3.73. The van der Waals surface area contributed by atoms with E-state index >= 15 is 0 Å². The van der Waals surface area contributed by atoms with Gasteiger partial charge in [-0.3, -0.25) is 4.79 Å². The van der Waals surface area contributed by atoms with E-state index in [9.17, 15) is 13.2 Å². The molecule has 0 aromatic rings. The fourth-order valence-corrected chi connectivity index (χ4v) is 3.70. The van der Waals surface area contributed by atoms with E-state index in [-0.39, 0.29) is 29.5 Å². The summed E-state index contributed by atoms with van der Waals surface area (Å²) in [5.41, 5.74) is 5.36. The van der Waals surface area contributed by atoms with Crippen LogP contribution in [0, 0.1) is 11.3 Å². The zero-order valence-electron chi connectivity index (χ0n) is 9.48. The number of rotatable bonds is 3. The second-order valence-corrected chi connectivity index (χ2v) is 7.25. The topological polar surface area (TPSA) is 80.5 Å². The van der Waals surface area contributed by atoms with Crippen molar-refractivity contribution in [3.05, 3.63) is 0 Å². The number of primary amides is 1. The number of carbonyl (C=O) groups excluding carboxylic acids is 1. The first kappa shape index (κ1) is 11.9. The summed E-state index contributed by atoms with van der Waals surface area (Å²) in [6.07, 6.45) is 2.80. The van der Waals surface area contributed by atoms with Gasteiger partial charge in [-0.1, -0.05) is 0 Å². The molecule has 16 heavy (non-hydrogen) atoms. The number of carbonyl (C=O) groups is 1. The summed E-state index contributed by atoms with van der Waals surface area (Å²) in [6.45, 7) is 2.48. The lowest BCUT2D eigenvalue weighted by Crippen LogP contribution is -2.48. The van der Waals surface area contributed by atoms with Gasteiger partial charge < -0.3 is 5.73 Å². The lowest BCUT2D eigenvalue weighted by molar-refractivity contribution is -0.123. The van der Waals surface area contributed by atoms with Gasteiger partial charge in [0.05, 0.1) is 11.7 Å². The average molecular weight is 246 g/mol.